The first-order valence-corrected chi connectivity index (χ1v) is 14.5. The number of ketones is 1. The molecule has 1 N–H and O–H groups in total. The van der Waals surface area contributed by atoms with E-state index < -0.39 is 21.6 Å². The van der Waals surface area contributed by atoms with E-state index >= 15 is 0 Å². The quantitative estimate of drug-likeness (QED) is 0.226. The van der Waals surface area contributed by atoms with E-state index in [0.717, 1.165) is 17.7 Å². The fourth-order valence-corrected chi connectivity index (χ4v) is 5.59. The number of aromatic nitrogens is 2. The summed E-state index contributed by atoms with van der Waals surface area (Å²) >= 11 is 0. The Morgan fingerprint density at radius 3 is 2.50 bits per heavy atom. The van der Waals surface area contributed by atoms with Gasteiger partial charge in [0.25, 0.3) is 0 Å². The van der Waals surface area contributed by atoms with Crippen LogP contribution in [0.1, 0.15) is 37.8 Å². The number of rotatable bonds is 12. The highest BCUT2D eigenvalue weighted by Crippen LogP contribution is 2.31. The van der Waals surface area contributed by atoms with E-state index in [1.807, 2.05) is 19.1 Å². The van der Waals surface area contributed by atoms with Crippen molar-refractivity contribution in [2.75, 3.05) is 12.3 Å². The Morgan fingerprint density at radius 1 is 1.05 bits per heavy atom. The Bertz CT molecular complexity index is 1530. The molecule has 11 heteroatoms. The van der Waals surface area contributed by atoms with Crippen LogP contribution in [0.5, 0.6) is 0 Å². The van der Waals surface area contributed by atoms with Crippen LogP contribution in [0, 0.1) is 5.92 Å². The molecule has 0 spiro atoms. The minimum Gasteiger partial charge on any atom is -0.445 e. The van der Waals surface area contributed by atoms with Gasteiger partial charge in [0, 0.05) is 47.6 Å². The van der Waals surface area contributed by atoms with Gasteiger partial charge in [0.2, 0.25) is 14.9 Å². The number of hydrogen-bond donors (Lipinski definition) is 1. The number of alkyl halides is 3. The van der Waals surface area contributed by atoms with Crippen LogP contribution >= 0.6 is 0 Å². The number of fused-ring (bicyclic) bond motifs is 1. The highest BCUT2D eigenvalue weighted by Gasteiger charge is 2.30. The van der Waals surface area contributed by atoms with Gasteiger partial charge in [-0.15, -0.1) is 0 Å². The van der Waals surface area contributed by atoms with Gasteiger partial charge in [-0.05, 0) is 62.1 Å². The molecule has 40 heavy (non-hydrogen) atoms. The van der Waals surface area contributed by atoms with Crippen molar-refractivity contribution >= 4 is 26.6 Å². The molecule has 2 unspecified atom stereocenters. The number of hydrogen-bond acceptors (Lipinski definition) is 7. The molecule has 4 rings (SSSR count). The lowest BCUT2D eigenvalue weighted by molar-refractivity contribution is -0.137. The van der Waals surface area contributed by atoms with Crippen LogP contribution in [0.3, 0.4) is 0 Å². The Kier molecular flexibility index (Phi) is 9.05. The molecule has 4 aromatic rings. The molecule has 0 radical (unpaired) electrons. The standard InChI is InChI=1S/C29H30F3N3O4S/c1-19(4-3-13-40(37,38)28-16-23-17-33-11-10-27(23)39-28)26(36)18-35-20(2)14-21-9-12-34-25(15-21)22-5-7-24(8-6-22)29(30,31)32/h5-12,15-17,19-20,35H,3-4,13-14,18H2,1-2H3. The van der Waals surface area contributed by atoms with E-state index in [1.165, 1.54) is 24.4 Å². The summed E-state index contributed by atoms with van der Waals surface area (Å²) in [6.45, 7) is 3.86. The van der Waals surface area contributed by atoms with Gasteiger partial charge >= 0.3 is 6.18 Å². The summed E-state index contributed by atoms with van der Waals surface area (Å²) < 4.78 is 69.3. The summed E-state index contributed by atoms with van der Waals surface area (Å²) in [4.78, 5) is 20.9. The first-order valence-electron chi connectivity index (χ1n) is 12.9. The third-order valence-corrected chi connectivity index (χ3v) is 8.34. The Morgan fingerprint density at radius 2 is 1.80 bits per heavy atom. The average molecular weight is 574 g/mol. The first kappa shape index (κ1) is 29.4. The van der Waals surface area contributed by atoms with E-state index in [9.17, 15) is 26.4 Å². The topological polar surface area (TPSA) is 102 Å². The largest absolute Gasteiger partial charge is 0.445 e. The zero-order valence-electron chi connectivity index (χ0n) is 22.1. The highest BCUT2D eigenvalue weighted by atomic mass is 32.2. The molecule has 0 saturated carbocycles. The third-order valence-electron chi connectivity index (χ3n) is 6.70. The smallest absolute Gasteiger partial charge is 0.416 e. The van der Waals surface area contributed by atoms with Crippen molar-refractivity contribution in [2.45, 2.75) is 50.4 Å². The number of Topliss-reactive ketones (excluding diaryl/α,β-unsaturated/α-hetero) is 1. The summed E-state index contributed by atoms with van der Waals surface area (Å²) in [6.07, 6.45) is 1.62. The van der Waals surface area contributed by atoms with E-state index in [1.54, 1.807) is 25.4 Å². The van der Waals surface area contributed by atoms with Crippen LogP contribution < -0.4 is 5.32 Å². The molecule has 0 amide bonds. The molecule has 0 bridgehead atoms. The van der Waals surface area contributed by atoms with Crippen molar-refractivity contribution in [3.63, 3.8) is 0 Å². The molecule has 0 aliphatic carbocycles. The second-order valence-corrected chi connectivity index (χ2v) is 12.0. The van der Waals surface area contributed by atoms with Crippen LogP contribution in [0.25, 0.3) is 22.2 Å². The fraction of sp³-hybridized carbons (Fsp3) is 0.345. The number of nitrogens with zero attached hydrogens (tertiary/aromatic N) is 2. The minimum absolute atomic E-state index is 0.0146. The molecule has 0 fully saturated rings. The van der Waals surface area contributed by atoms with Gasteiger partial charge in [-0.1, -0.05) is 19.1 Å². The van der Waals surface area contributed by atoms with Crippen molar-refractivity contribution in [1.29, 1.82) is 0 Å². The summed E-state index contributed by atoms with van der Waals surface area (Å²) in [5.41, 5.74) is 1.82. The molecule has 2 atom stereocenters. The van der Waals surface area contributed by atoms with Gasteiger partial charge in [-0.25, -0.2) is 8.42 Å². The zero-order chi connectivity index (χ0) is 28.9. The van der Waals surface area contributed by atoms with E-state index in [0.29, 0.717) is 41.5 Å². The number of sulfone groups is 1. The number of nitrogens with one attached hydrogen (secondary N) is 1. The number of carbonyl (C=O) groups is 1. The van der Waals surface area contributed by atoms with Gasteiger partial charge < -0.3 is 9.73 Å². The first-order chi connectivity index (χ1) is 18.9. The molecule has 212 valence electrons. The maximum Gasteiger partial charge on any atom is 0.416 e. The molecule has 0 aliphatic rings. The van der Waals surface area contributed by atoms with Crippen LogP contribution in [-0.2, 0) is 27.2 Å². The second kappa shape index (κ2) is 12.3. The lowest BCUT2D eigenvalue weighted by Crippen LogP contribution is -2.35. The average Bonchev–Trinajstić information content (AvgIpc) is 3.37. The molecule has 1 aromatic carbocycles. The molecular formula is C29H30F3N3O4S. The predicted molar refractivity (Wildman–Crippen MR) is 145 cm³/mol. The number of halogens is 3. The SMILES string of the molecule is CC(Cc1ccnc(-c2ccc(C(F)(F)F)cc2)c1)NCC(=O)C(C)CCCS(=O)(=O)c1cc2cnccc2o1. The van der Waals surface area contributed by atoms with Crippen LogP contribution in [0.15, 0.2) is 76.6 Å². The van der Waals surface area contributed by atoms with E-state index in [4.69, 9.17) is 4.42 Å². The molecule has 0 aliphatic heterocycles. The Balaban J connectivity index is 1.23. The van der Waals surface area contributed by atoms with Crippen molar-refractivity contribution in [2.24, 2.45) is 5.92 Å². The van der Waals surface area contributed by atoms with Gasteiger partial charge in [0.15, 0.2) is 0 Å². The number of carbonyl (C=O) groups excluding carboxylic acids is 1. The molecule has 7 nitrogen and oxygen atoms in total. The lowest BCUT2D eigenvalue weighted by atomic mass is 10.00. The summed E-state index contributed by atoms with van der Waals surface area (Å²) in [7, 11) is -3.61. The van der Waals surface area contributed by atoms with Gasteiger partial charge in [-0.3, -0.25) is 14.8 Å². The maximum absolute atomic E-state index is 12.8. The Hall–Kier alpha value is -3.57. The highest BCUT2D eigenvalue weighted by molar-refractivity contribution is 7.91. The normalized spacial score (nSPS) is 13.8. The number of furan rings is 1. The van der Waals surface area contributed by atoms with Crippen LogP contribution in [0.2, 0.25) is 0 Å². The van der Waals surface area contributed by atoms with E-state index in [2.05, 4.69) is 15.3 Å². The zero-order valence-corrected chi connectivity index (χ0v) is 22.9. The molecular weight excluding hydrogens is 543 g/mol. The maximum atomic E-state index is 12.8. The van der Waals surface area contributed by atoms with Gasteiger partial charge in [0.1, 0.15) is 11.4 Å². The second-order valence-electron chi connectivity index (χ2n) is 9.92. The van der Waals surface area contributed by atoms with E-state index in [-0.39, 0.29) is 35.1 Å². The Labute approximate surface area is 230 Å². The molecule has 3 aromatic heterocycles. The molecule has 3 heterocycles. The predicted octanol–water partition coefficient (Wildman–Crippen LogP) is 5.89. The minimum atomic E-state index is -4.39. The number of pyridine rings is 2. The molecule has 0 saturated heterocycles. The van der Waals surface area contributed by atoms with Crippen molar-refractivity contribution in [3.05, 3.63) is 78.2 Å². The van der Waals surface area contributed by atoms with Crippen molar-refractivity contribution in [3.8, 4) is 11.3 Å². The van der Waals surface area contributed by atoms with Gasteiger partial charge in [-0.2, -0.15) is 13.2 Å². The number of benzene rings is 1. The summed E-state index contributed by atoms with van der Waals surface area (Å²) in [5.74, 6) is -0.452. The van der Waals surface area contributed by atoms with Crippen LogP contribution in [0.4, 0.5) is 13.2 Å². The van der Waals surface area contributed by atoms with Crippen molar-refractivity contribution < 1.29 is 30.8 Å². The summed E-state index contributed by atoms with van der Waals surface area (Å²) in [6, 6.07) is 11.5. The van der Waals surface area contributed by atoms with Gasteiger partial charge in [0.05, 0.1) is 23.6 Å². The monoisotopic (exact) mass is 573 g/mol. The lowest BCUT2D eigenvalue weighted by Gasteiger charge is -2.16. The third kappa shape index (κ3) is 7.54. The van der Waals surface area contributed by atoms with Crippen molar-refractivity contribution in [1.82, 2.24) is 15.3 Å². The van der Waals surface area contributed by atoms with Crippen LogP contribution in [-0.4, -0.2) is 42.5 Å². The summed E-state index contributed by atoms with van der Waals surface area (Å²) in [5, 5.41) is 3.73. The fourth-order valence-electron chi connectivity index (χ4n) is 4.32.